The molecule has 1 N–H and O–H groups in total. The van der Waals surface area contributed by atoms with E-state index in [1.54, 1.807) is 25.1 Å². The molecule has 0 saturated carbocycles. The van der Waals surface area contributed by atoms with Gasteiger partial charge in [0.2, 0.25) is 0 Å². The van der Waals surface area contributed by atoms with E-state index in [-0.39, 0.29) is 0 Å². The fraction of sp³-hybridized carbons (Fsp3) is 0.250. The molecule has 0 spiro atoms. The average molecular weight is 335 g/mol. The van der Waals surface area contributed by atoms with Crippen LogP contribution in [0, 0.1) is 0 Å². The van der Waals surface area contributed by atoms with E-state index in [4.69, 9.17) is 0 Å². The van der Waals surface area contributed by atoms with Gasteiger partial charge in [0.25, 0.3) is 0 Å². The summed E-state index contributed by atoms with van der Waals surface area (Å²) in [6, 6.07) is 4.92. The number of rotatable bonds is 2. The van der Waals surface area contributed by atoms with Gasteiger partial charge in [0.15, 0.2) is 0 Å². The maximum Gasteiger partial charge on any atom is 0.419 e. The average Bonchev–Trinajstić information content (AvgIpc) is 2.77. The van der Waals surface area contributed by atoms with Crippen molar-refractivity contribution in [2.75, 3.05) is 0 Å². The fourth-order valence-corrected chi connectivity index (χ4v) is 2.05. The zero-order valence-electron chi connectivity index (χ0n) is 9.82. The van der Waals surface area contributed by atoms with Crippen molar-refractivity contribution in [3.8, 4) is 5.69 Å². The van der Waals surface area contributed by atoms with Crippen molar-refractivity contribution in [2.45, 2.75) is 19.2 Å². The lowest BCUT2D eigenvalue weighted by atomic mass is 10.1. The van der Waals surface area contributed by atoms with Gasteiger partial charge in [-0.15, -0.1) is 0 Å². The van der Waals surface area contributed by atoms with Gasteiger partial charge in [-0.2, -0.15) is 18.3 Å². The van der Waals surface area contributed by atoms with Gasteiger partial charge >= 0.3 is 6.18 Å². The van der Waals surface area contributed by atoms with E-state index in [0.717, 1.165) is 21.5 Å². The molecule has 1 heterocycles. The normalized spacial score (nSPS) is 13.6. The highest BCUT2D eigenvalue weighted by molar-refractivity contribution is 9.10. The molecule has 0 saturated heterocycles. The summed E-state index contributed by atoms with van der Waals surface area (Å²) >= 11 is 3.25. The summed E-state index contributed by atoms with van der Waals surface area (Å²) in [5, 5.41) is 13.4. The largest absolute Gasteiger partial charge is 0.419 e. The zero-order chi connectivity index (χ0) is 14.2. The number of nitrogens with zero attached hydrogens (tertiary/aromatic N) is 2. The van der Waals surface area contributed by atoms with E-state index in [9.17, 15) is 18.3 Å². The summed E-state index contributed by atoms with van der Waals surface area (Å²) in [6.45, 7) is 1.54. The predicted molar refractivity (Wildman–Crippen MR) is 66.9 cm³/mol. The molecule has 0 aliphatic carbocycles. The lowest BCUT2D eigenvalue weighted by molar-refractivity contribution is -0.137. The van der Waals surface area contributed by atoms with E-state index in [2.05, 4.69) is 21.0 Å². The Labute approximate surface area is 115 Å². The maximum absolute atomic E-state index is 12.5. The van der Waals surface area contributed by atoms with Crippen molar-refractivity contribution in [3.63, 3.8) is 0 Å². The highest BCUT2D eigenvalue weighted by Crippen LogP contribution is 2.31. The minimum atomic E-state index is -4.43. The van der Waals surface area contributed by atoms with Crippen LogP contribution in [0.5, 0.6) is 0 Å². The van der Waals surface area contributed by atoms with Crippen LogP contribution in [0.4, 0.5) is 13.2 Å². The van der Waals surface area contributed by atoms with Crippen LogP contribution in [0.3, 0.4) is 0 Å². The summed E-state index contributed by atoms with van der Waals surface area (Å²) < 4.78 is 39.4. The number of benzene rings is 1. The minimum absolute atomic E-state index is 0.411. The third-order valence-corrected chi connectivity index (χ3v) is 3.09. The number of aliphatic hydroxyl groups excluding tert-OH is 1. The van der Waals surface area contributed by atoms with Gasteiger partial charge in [0.05, 0.1) is 23.6 Å². The van der Waals surface area contributed by atoms with Gasteiger partial charge in [-0.3, -0.25) is 0 Å². The van der Waals surface area contributed by atoms with E-state index < -0.39 is 17.8 Å². The summed E-state index contributed by atoms with van der Waals surface area (Å²) in [5.74, 6) is 0. The van der Waals surface area contributed by atoms with E-state index >= 15 is 0 Å². The predicted octanol–water partition coefficient (Wildman–Crippen LogP) is 3.71. The molecule has 1 aromatic heterocycles. The van der Waals surface area contributed by atoms with Crippen LogP contribution in [0.15, 0.2) is 35.1 Å². The Morgan fingerprint density at radius 2 is 2.05 bits per heavy atom. The molecule has 0 fully saturated rings. The number of aliphatic hydroxyl groups is 1. The highest BCUT2D eigenvalue weighted by atomic mass is 79.9. The zero-order valence-corrected chi connectivity index (χ0v) is 11.4. The molecule has 0 bridgehead atoms. The minimum Gasteiger partial charge on any atom is -0.389 e. The van der Waals surface area contributed by atoms with Crippen molar-refractivity contribution < 1.29 is 18.3 Å². The smallest absolute Gasteiger partial charge is 0.389 e. The van der Waals surface area contributed by atoms with Crippen molar-refractivity contribution in [1.29, 1.82) is 0 Å². The van der Waals surface area contributed by atoms with E-state index in [1.165, 1.54) is 0 Å². The summed E-state index contributed by atoms with van der Waals surface area (Å²) in [6.07, 6.45) is -3.59. The monoisotopic (exact) mass is 334 g/mol. The number of aromatic nitrogens is 2. The molecule has 1 aromatic carbocycles. The van der Waals surface area contributed by atoms with Crippen LogP contribution in [-0.2, 0) is 6.18 Å². The first-order chi connectivity index (χ1) is 8.79. The maximum atomic E-state index is 12.5. The van der Waals surface area contributed by atoms with Crippen LogP contribution in [0.1, 0.15) is 24.2 Å². The summed E-state index contributed by atoms with van der Waals surface area (Å²) in [7, 11) is 0. The highest BCUT2D eigenvalue weighted by Gasteiger charge is 2.32. The Balaban J connectivity index is 2.50. The van der Waals surface area contributed by atoms with Gasteiger partial charge in [0, 0.05) is 16.2 Å². The Morgan fingerprint density at radius 3 is 2.58 bits per heavy atom. The van der Waals surface area contributed by atoms with Crippen LogP contribution in [0.2, 0.25) is 0 Å². The van der Waals surface area contributed by atoms with Gasteiger partial charge < -0.3 is 5.11 Å². The number of halogens is 4. The van der Waals surface area contributed by atoms with Gasteiger partial charge in [0.1, 0.15) is 0 Å². The molecule has 0 aliphatic heterocycles. The quantitative estimate of drug-likeness (QED) is 0.909. The molecule has 1 atom stereocenters. The van der Waals surface area contributed by atoms with E-state index in [1.807, 2.05) is 0 Å². The van der Waals surface area contributed by atoms with Crippen molar-refractivity contribution in [1.82, 2.24) is 9.78 Å². The molecule has 0 radical (unpaired) electrons. The summed E-state index contributed by atoms with van der Waals surface area (Å²) in [5.41, 5.74) is 0.0758. The Bertz CT molecular complexity index is 593. The SMILES string of the molecule is CC(O)c1cc(Br)ccc1-n1cc(C(F)(F)F)cn1. The number of hydrogen-bond acceptors (Lipinski definition) is 2. The third kappa shape index (κ3) is 2.98. The third-order valence-electron chi connectivity index (χ3n) is 2.60. The molecule has 2 rings (SSSR count). The second-order valence-electron chi connectivity index (χ2n) is 4.05. The first-order valence-electron chi connectivity index (χ1n) is 5.39. The standard InChI is InChI=1S/C12H10BrF3N2O/c1-7(19)10-4-9(13)2-3-11(10)18-6-8(5-17-18)12(14,15)16/h2-7,19H,1H3. The van der Waals surface area contributed by atoms with Crippen molar-refractivity contribution in [3.05, 3.63) is 46.2 Å². The van der Waals surface area contributed by atoms with Crippen molar-refractivity contribution in [2.24, 2.45) is 0 Å². The topological polar surface area (TPSA) is 38.0 Å². The van der Waals surface area contributed by atoms with Crippen LogP contribution >= 0.6 is 15.9 Å². The summed E-state index contributed by atoms with van der Waals surface area (Å²) in [4.78, 5) is 0. The fourth-order valence-electron chi connectivity index (χ4n) is 1.67. The Hall–Kier alpha value is -1.34. The molecule has 0 aliphatic rings. The molecule has 1 unspecified atom stereocenters. The van der Waals surface area contributed by atoms with Gasteiger partial charge in [-0.05, 0) is 25.1 Å². The second-order valence-corrected chi connectivity index (χ2v) is 4.97. The van der Waals surface area contributed by atoms with Crippen molar-refractivity contribution >= 4 is 15.9 Å². The lowest BCUT2D eigenvalue weighted by Gasteiger charge is -2.12. The lowest BCUT2D eigenvalue weighted by Crippen LogP contribution is -2.05. The Kier molecular flexibility index (Phi) is 3.69. The molecular formula is C12H10BrF3N2O. The van der Waals surface area contributed by atoms with Crippen LogP contribution in [0.25, 0.3) is 5.69 Å². The number of alkyl halides is 3. The first-order valence-corrected chi connectivity index (χ1v) is 6.18. The molecule has 0 amide bonds. The molecule has 102 valence electrons. The molecule has 19 heavy (non-hydrogen) atoms. The first kappa shape index (κ1) is 14.1. The van der Waals surface area contributed by atoms with E-state index in [0.29, 0.717) is 11.3 Å². The van der Waals surface area contributed by atoms with Gasteiger partial charge in [-0.25, -0.2) is 4.68 Å². The number of hydrogen-bond donors (Lipinski definition) is 1. The molecule has 7 heteroatoms. The molecule has 2 aromatic rings. The van der Waals surface area contributed by atoms with Crippen LogP contribution < -0.4 is 0 Å². The second kappa shape index (κ2) is 4.97. The van der Waals surface area contributed by atoms with Crippen LogP contribution in [-0.4, -0.2) is 14.9 Å². The molecular weight excluding hydrogens is 325 g/mol. The molecule has 3 nitrogen and oxygen atoms in total. The van der Waals surface area contributed by atoms with Gasteiger partial charge in [-0.1, -0.05) is 15.9 Å². The Morgan fingerprint density at radius 1 is 1.37 bits per heavy atom.